The molecule has 0 spiro atoms. The Kier molecular flexibility index (Phi) is 3.26. The Bertz CT molecular complexity index is 542. The van der Waals surface area contributed by atoms with Crippen LogP contribution in [0.15, 0.2) is 24.3 Å². The van der Waals surface area contributed by atoms with Crippen molar-refractivity contribution in [1.82, 2.24) is 4.90 Å². The number of carbonyl (C=O) groups is 1. The van der Waals surface area contributed by atoms with E-state index >= 15 is 0 Å². The Hall–Kier alpha value is -1.35. The standard InChI is InChI=1S/C18H23NO2/c20-18(21)16-3-1-2-12(7-16)10-19-11-15-5-13-4-14(6-15)9-17(19)8-13/h1-3,7,13-15,17H,4-6,8-11H2,(H,20,21). The number of carboxylic acid groups (broad SMARTS) is 1. The second-order valence-corrected chi connectivity index (χ2v) is 7.37. The maximum Gasteiger partial charge on any atom is 0.335 e. The number of hydrogen-bond donors (Lipinski definition) is 1. The number of hydrogen-bond acceptors (Lipinski definition) is 2. The fraction of sp³-hybridized carbons (Fsp3) is 0.611. The second-order valence-electron chi connectivity index (χ2n) is 7.37. The molecule has 2 atom stereocenters. The van der Waals surface area contributed by atoms with E-state index in [2.05, 4.69) is 11.0 Å². The normalized spacial score (nSPS) is 34.9. The van der Waals surface area contributed by atoms with Gasteiger partial charge >= 0.3 is 5.97 Å². The molecule has 4 bridgehead atoms. The highest BCUT2D eigenvalue weighted by atomic mass is 16.4. The van der Waals surface area contributed by atoms with Crippen LogP contribution in [0.2, 0.25) is 0 Å². The van der Waals surface area contributed by atoms with Crippen molar-refractivity contribution in [3.05, 3.63) is 35.4 Å². The highest BCUT2D eigenvalue weighted by molar-refractivity contribution is 5.87. The summed E-state index contributed by atoms with van der Waals surface area (Å²) in [6, 6.07) is 8.21. The molecular formula is C18H23NO2. The van der Waals surface area contributed by atoms with Gasteiger partial charge in [-0.1, -0.05) is 12.1 Å². The summed E-state index contributed by atoms with van der Waals surface area (Å²) in [5, 5.41) is 9.14. The molecule has 5 rings (SSSR count). The molecule has 21 heavy (non-hydrogen) atoms. The highest BCUT2D eigenvalue weighted by Crippen LogP contribution is 2.47. The van der Waals surface area contributed by atoms with Crippen LogP contribution in [-0.2, 0) is 6.54 Å². The van der Waals surface area contributed by atoms with E-state index in [1.165, 1.54) is 38.6 Å². The lowest BCUT2D eigenvalue weighted by Crippen LogP contribution is -2.37. The van der Waals surface area contributed by atoms with E-state index in [1.54, 1.807) is 6.07 Å². The monoisotopic (exact) mass is 285 g/mol. The van der Waals surface area contributed by atoms with Crippen molar-refractivity contribution in [3.63, 3.8) is 0 Å². The predicted molar refractivity (Wildman–Crippen MR) is 81.2 cm³/mol. The molecular weight excluding hydrogens is 262 g/mol. The second kappa shape index (κ2) is 5.13. The van der Waals surface area contributed by atoms with Crippen molar-refractivity contribution in [2.75, 3.05) is 6.54 Å². The Balaban J connectivity index is 1.54. The fourth-order valence-electron chi connectivity index (χ4n) is 5.11. The minimum Gasteiger partial charge on any atom is -0.478 e. The van der Waals surface area contributed by atoms with Crippen molar-refractivity contribution in [2.45, 2.75) is 44.7 Å². The van der Waals surface area contributed by atoms with Gasteiger partial charge in [-0.25, -0.2) is 4.79 Å². The van der Waals surface area contributed by atoms with Crippen molar-refractivity contribution >= 4 is 5.97 Å². The third-order valence-electron chi connectivity index (χ3n) is 5.78. The van der Waals surface area contributed by atoms with Crippen LogP contribution in [0.5, 0.6) is 0 Å². The molecule has 4 aliphatic rings. The van der Waals surface area contributed by atoms with Gasteiger partial charge in [-0.2, -0.15) is 0 Å². The van der Waals surface area contributed by atoms with Crippen molar-refractivity contribution in [2.24, 2.45) is 17.8 Å². The van der Waals surface area contributed by atoms with Gasteiger partial charge in [-0.3, -0.25) is 4.90 Å². The van der Waals surface area contributed by atoms with Crippen molar-refractivity contribution in [3.8, 4) is 0 Å². The molecule has 1 aromatic carbocycles. The molecule has 1 aromatic rings. The molecule has 2 aliphatic heterocycles. The minimum absolute atomic E-state index is 0.410. The molecule has 2 aliphatic carbocycles. The Morgan fingerprint density at radius 2 is 1.81 bits per heavy atom. The average Bonchev–Trinajstić information content (AvgIpc) is 2.63. The van der Waals surface area contributed by atoms with Crippen LogP contribution in [0.4, 0.5) is 0 Å². The van der Waals surface area contributed by atoms with Gasteiger partial charge in [-0.05, 0) is 67.6 Å². The molecule has 3 nitrogen and oxygen atoms in total. The van der Waals surface area contributed by atoms with Crippen LogP contribution in [0, 0.1) is 17.8 Å². The van der Waals surface area contributed by atoms with Gasteiger partial charge in [0, 0.05) is 19.1 Å². The molecule has 0 radical (unpaired) electrons. The van der Waals surface area contributed by atoms with Gasteiger partial charge in [0.1, 0.15) is 0 Å². The molecule has 4 fully saturated rings. The summed E-state index contributed by atoms with van der Waals surface area (Å²) in [4.78, 5) is 13.8. The summed E-state index contributed by atoms with van der Waals surface area (Å²) in [5.74, 6) is 1.97. The quantitative estimate of drug-likeness (QED) is 0.925. The number of aromatic carboxylic acids is 1. The Morgan fingerprint density at radius 1 is 1.10 bits per heavy atom. The van der Waals surface area contributed by atoms with E-state index in [0.717, 1.165) is 35.9 Å². The van der Waals surface area contributed by atoms with Crippen LogP contribution in [0.3, 0.4) is 0 Å². The molecule has 2 unspecified atom stereocenters. The predicted octanol–water partition coefficient (Wildman–Crippen LogP) is 3.40. The number of carboxylic acids is 1. The summed E-state index contributed by atoms with van der Waals surface area (Å²) >= 11 is 0. The SMILES string of the molecule is O=C(O)c1cccc(CN2CC3CC4CC(C3)CC2C4)c1. The largest absolute Gasteiger partial charge is 0.478 e. The molecule has 0 amide bonds. The van der Waals surface area contributed by atoms with Crippen molar-refractivity contribution < 1.29 is 9.90 Å². The molecule has 112 valence electrons. The number of rotatable bonds is 3. The van der Waals surface area contributed by atoms with Crippen LogP contribution in [0.1, 0.15) is 48.0 Å². The molecule has 3 heteroatoms. The first-order chi connectivity index (χ1) is 10.2. The Labute approximate surface area is 126 Å². The van der Waals surface area contributed by atoms with Crippen LogP contribution >= 0.6 is 0 Å². The first-order valence-electron chi connectivity index (χ1n) is 8.23. The van der Waals surface area contributed by atoms with E-state index in [4.69, 9.17) is 5.11 Å². The summed E-state index contributed by atoms with van der Waals surface area (Å²) in [7, 11) is 0. The highest BCUT2D eigenvalue weighted by Gasteiger charge is 2.42. The van der Waals surface area contributed by atoms with E-state index in [0.29, 0.717) is 5.56 Å². The van der Waals surface area contributed by atoms with Gasteiger partial charge in [-0.15, -0.1) is 0 Å². The summed E-state index contributed by atoms with van der Waals surface area (Å²) < 4.78 is 0. The Morgan fingerprint density at radius 3 is 2.52 bits per heavy atom. The third-order valence-corrected chi connectivity index (χ3v) is 5.78. The lowest BCUT2D eigenvalue weighted by Gasteiger charge is -2.39. The van der Waals surface area contributed by atoms with Crippen molar-refractivity contribution in [1.29, 1.82) is 0 Å². The van der Waals surface area contributed by atoms with Gasteiger partial charge in [0.15, 0.2) is 0 Å². The van der Waals surface area contributed by atoms with E-state index in [-0.39, 0.29) is 0 Å². The zero-order valence-electron chi connectivity index (χ0n) is 12.4. The summed E-state index contributed by atoms with van der Waals surface area (Å²) in [6.07, 6.45) is 7.06. The number of fused-ring (bicyclic) bond motifs is 1. The van der Waals surface area contributed by atoms with Gasteiger partial charge < -0.3 is 5.11 Å². The average molecular weight is 285 g/mol. The van der Waals surface area contributed by atoms with Gasteiger partial charge in [0.05, 0.1) is 5.56 Å². The fourth-order valence-corrected chi connectivity index (χ4v) is 5.11. The lowest BCUT2D eigenvalue weighted by molar-refractivity contribution is 0.0696. The van der Waals surface area contributed by atoms with E-state index in [1.807, 2.05) is 12.1 Å². The molecule has 0 aromatic heterocycles. The first-order valence-corrected chi connectivity index (χ1v) is 8.23. The first kappa shape index (κ1) is 13.3. The zero-order valence-corrected chi connectivity index (χ0v) is 12.4. The number of benzene rings is 1. The van der Waals surface area contributed by atoms with Crippen LogP contribution in [0.25, 0.3) is 0 Å². The molecule has 2 saturated carbocycles. The summed E-state index contributed by atoms with van der Waals surface area (Å²) in [6.45, 7) is 2.14. The maximum absolute atomic E-state index is 11.1. The van der Waals surface area contributed by atoms with E-state index < -0.39 is 5.97 Å². The van der Waals surface area contributed by atoms with Gasteiger partial charge in [0.2, 0.25) is 0 Å². The smallest absolute Gasteiger partial charge is 0.335 e. The maximum atomic E-state index is 11.1. The van der Waals surface area contributed by atoms with Crippen LogP contribution < -0.4 is 0 Å². The molecule has 2 heterocycles. The lowest BCUT2D eigenvalue weighted by atomic mass is 9.68. The third kappa shape index (κ3) is 2.59. The van der Waals surface area contributed by atoms with Crippen LogP contribution in [-0.4, -0.2) is 28.6 Å². The summed E-state index contributed by atoms with van der Waals surface area (Å²) in [5.41, 5.74) is 1.56. The van der Waals surface area contributed by atoms with E-state index in [9.17, 15) is 4.79 Å². The molecule has 1 N–H and O–H groups in total. The van der Waals surface area contributed by atoms with Gasteiger partial charge in [0.25, 0.3) is 0 Å². The topological polar surface area (TPSA) is 40.5 Å². The number of nitrogens with zero attached hydrogens (tertiary/aromatic N) is 1. The zero-order chi connectivity index (χ0) is 14.4. The minimum atomic E-state index is -0.826. The molecule has 2 saturated heterocycles.